The number of anilines is 1. The molecule has 2 N–H and O–H groups in total. The van der Waals surface area contributed by atoms with Gasteiger partial charge in [-0.15, -0.1) is 0 Å². The van der Waals surface area contributed by atoms with E-state index in [9.17, 15) is 13.2 Å². The second kappa shape index (κ2) is 11.5. The maximum absolute atomic E-state index is 12.7. The molecule has 2 aliphatic heterocycles. The summed E-state index contributed by atoms with van der Waals surface area (Å²) in [5, 5.41) is 6.08. The highest BCUT2D eigenvalue weighted by Gasteiger charge is 2.32. The molecule has 3 rings (SSSR count). The van der Waals surface area contributed by atoms with E-state index in [0.717, 1.165) is 70.1 Å². The van der Waals surface area contributed by atoms with Crippen molar-refractivity contribution in [2.45, 2.75) is 51.0 Å². The first-order chi connectivity index (χ1) is 15.0. The zero-order valence-corrected chi connectivity index (χ0v) is 17.8. The Balaban J connectivity index is 1.42. The van der Waals surface area contributed by atoms with Gasteiger partial charge in [-0.25, -0.2) is 9.97 Å². The lowest BCUT2D eigenvalue weighted by Gasteiger charge is -2.34. The highest BCUT2D eigenvalue weighted by molar-refractivity contribution is 5.80. The van der Waals surface area contributed by atoms with E-state index in [1.54, 1.807) is 0 Å². The fraction of sp³-hybridized carbons (Fsp3) is 0.750. The number of aliphatic imine (C=N–C) groups is 1. The fourth-order valence-corrected chi connectivity index (χ4v) is 3.61. The molecule has 3 heterocycles. The molecular formula is C20H31F3N6O2. The van der Waals surface area contributed by atoms with Crippen molar-refractivity contribution in [3.8, 4) is 0 Å². The summed E-state index contributed by atoms with van der Waals surface area (Å²) in [6.07, 6.45) is 1.13. The molecule has 0 bridgehead atoms. The number of nitrogens with zero attached hydrogens (tertiary/aromatic N) is 4. The standard InChI is InChI=1S/C20H31F3N6O2/c1-2-24-19(27-10-9-26-18-25-8-5-17(28-18)20(21,22)23)29-11-6-15(7-12-29)31-14-16-4-3-13-30-16/h5,8,15-16H,2-4,6-7,9-14H2,1H3,(H,24,27)(H,25,26,28). The van der Waals surface area contributed by atoms with E-state index in [4.69, 9.17) is 9.47 Å². The van der Waals surface area contributed by atoms with Crippen LogP contribution in [0, 0.1) is 0 Å². The fourth-order valence-electron chi connectivity index (χ4n) is 3.61. The van der Waals surface area contributed by atoms with E-state index >= 15 is 0 Å². The number of hydrogen-bond acceptors (Lipinski definition) is 6. The molecule has 0 spiro atoms. The summed E-state index contributed by atoms with van der Waals surface area (Å²) >= 11 is 0. The van der Waals surface area contributed by atoms with E-state index in [1.807, 2.05) is 6.92 Å². The SMILES string of the molecule is CCNC(=NCCNc1nccc(C(F)(F)F)n1)N1CCC(OCC2CCCO2)CC1. The third-order valence-electron chi connectivity index (χ3n) is 5.22. The molecule has 2 aliphatic rings. The number of piperidine rings is 1. The highest BCUT2D eigenvalue weighted by atomic mass is 19.4. The molecule has 1 atom stereocenters. The van der Waals surface area contributed by atoms with Crippen LogP contribution in [0.15, 0.2) is 17.3 Å². The number of aromatic nitrogens is 2. The Bertz CT molecular complexity index is 704. The summed E-state index contributed by atoms with van der Waals surface area (Å²) in [4.78, 5) is 14.1. The zero-order chi connectivity index (χ0) is 22.1. The summed E-state index contributed by atoms with van der Waals surface area (Å²) in [6, 6.07) is 0.848. The molecule has 0 amide bonds. The Labute approximate surface area is 180 Å². The number of halogens is 3. The van der Waals surface area contributed by atoms with Crippen molar-refractivity contribution in [1.29, 1.82) is 0 Å². The summed E-state index contributed by atoms with van der Waals surface area (Å²) in [5.41, 5.74) is -0.966. The maximum atomic E-state index is 12.7. The molecule has 2 fully saturated rings. The Morgan fingerprint density at radius 1 is 1.32 bits per heavy atom. The van der Waals surface area contributed by atoms with Gasteiger partial charge in [-0.05, 0) is 38.7 Å². The molecule has 0 aliphatic carbocycles. The lowest BCUT2D eigenvalue weighted by molar-refractivity contribution is -0.141. The van der Waals surface area contributed by atoms with Crippen LogP contribution in [-0.2, 0) is 15.7 Å². The van der Waals surface area contributed by atoms with Gasteiger partial charge in [0.05, 0.1) is 25.4 Å². The molecule has 1 aromatic rings. The molecule has 31 heavy (non-hydrogen) atoms. The first-order valence-corrected chi connectivity index (χ1v) is 10.9. The van der Waals surface area contributed by atoms with Crippen molar-refractivity contribution in [2.75, 3.05) is 51.3 Å². The second-order valence-electron chi connectivity index (χ2n) is 7.58. The van der Waals surface area contributed by atoms with Gasteiger partial charge in [0.25, 0.3) is 0 Å². The molecule has 11 heteroatoms. The van der Waals surface area contributed by atoms with E-state index in [-0.39, 0.29) is 18.2 Å². The number of rotatable bonds is 8. The Morgan fingerprint density at radius 2 is 2.13 bits per heavy atom. The number of guanidine groups is 1. The molecule has 0 aromatic carbocycles. The molecule has 1 unspecified atom stereocenters. The summed E-state index contributed by atoms with van der Waals surface area (Å²) in [6.45, 7) is 6.64. The minimum absolute atomic E-state index is 0.0563. The van der Waals surface area contributed by atoms with Gasteiger partial charge in [0, 0.05) is 39.0 Å². The van der Waals surface area contributed by atoms with Crippen LogP contribution in [0.1, 0.15) is 38.3 Å². The highest BCUT2D eigenvalue weighted by Crippen LogP contribution is 2.27. The Kier molecular flexibility index (Phi) is 8.70. The molecular weight excluding hydrogens is 413 g/mol. The first-order valence-electron chi connectivity index (χ1n) is 10.9. The van der Waals surface area contributed by atoms with Crippen LogP contribution < -0.4 is 10.6 Å². The largest absolute Gasteiger partial charge is 0.433 e. The van der Waals surface area contributed by atoms with Gasteiger partial charge >= 0.3 is 6.18 Å². The Hall–Kier alpha value is -2.14. The van der Waals surface area contributed by atoms with E-state index in [2.05, 4.69) is 30.5 Å². The van der Waals surface area contributed by atoms with Crippen molar-refractivity contribution in [2.24, 2.45) is 4.99 Å². The average molecular weight is 445 g/mol. The van der Waals surface area contributed by atoms with Crippen LogP contribution in [-0.4, -0.2) is 79.0 Å². The smallest absolute Gasteiger partial charge is 0.376 e. The lowest BCUT2D eigenvalue weighted by atomic mass is 10.1. The summed E-state index contributed by atoms with van der Waals surface area (Å²) in [5.74, 6) is 0.742. The van der Waals surface area contributed by atoms with Crippen LogP contribution in [0.4, 0.5) is 19.1 Å². The van der Waals surface area contributed by atoms with Gasteiger partial charge in [-0.3, -0.25) is 4.99 Å². The number of likely N-dealkylation sites (tertiary alicyclic amines) is 1. The molecule has 2 saturated heterocycles. The predicted molar refractivity (Wildman–Crippen MR) is 111 cm³/mol. The first kappa shape index (κ1) is 23.5. The minimum atomic E-state index is -4.49. The molecule has 1 aromatic heterocycles. The third kappa shape index (κ3) is 7.49. The Morgan fingerprint density at radius 3 is 2.81 bits per heavy atom. The number of nitrogens with one attached hydrogen (secondary N) is 2. The summed E-state index contributed by atoms with van der Waals surface area (Å²) in [7, 11) is 0. The minimum Gasteiger partial charge on any atom is -0.376 e. The topological polar surface area (TPSA) is 83.9 Å². The van der Waals surface area contributed by atoms with Gasteiger partial charge in [-0.2, -0.15) is 13.2 Å². The second-order valence-corrected chi connectivity index (χ2v) is 7.58. The summed E-state index contributed by atoms with van der Waals surface area (Å²) < 4.78 is 49.8. The van der Waals surface area contributed by atoms with Crippen LogP contribution >= 0.6 is 0 Å². The van der Waals surface area contributed by atoms with Crippen LogP contribution in [0.5, 0.6) is 0 Å². The van der Waals surface area contributed by atoms with Gasteiger partial charge in [0.15, 0.2) is 5.96 Å². The van der Waals surface area contributed by atoms with Gasteiger partial charge in [0.1, 0.15) is 5.69 Å². The van der Waals surface area contributed by atoms with E-state index in [0.29, 0.717) is 19.7 Å². The van der Waals surface area contributed by atoms with Crippen molar-refractivity contribution in [3.05, 3.63) is 18.0 Å². The van der Waals surface area contributed by atoms with Crippen molar-refractivity contribution >= 4 is 11.9 Å². The van der Waals surface area contributed by atoms with E-state index < -0.39 is 11.9 Å². The van der Waals surface area contributed by atoms with Crippen molar-refractivity contribution in [1.82, 2.24) is 20.2 Å². The van der Waals surface area contributed by atoms with Crippen LogP contribution in [0.25, 0.3) is 0 Å². The molecule has 0 radical (unpaired) electrons. The molecule has 0 saturated carbocycles. The van der Waals surface area contributed by atoms with Gasteiger partial charge in [0.2, 0.25) is 5.95 Å². The van der Waals surface area contributed by atoms with E-state index in [1.165, 1.54) is 0 Å². The monoisotopic (exact) mass is 444 g/mol. The molecule has 174 valence electrons. The zero-order valence-electron chi connectivity index (χ0n) is 17.8. The van der Waals surface area contributed by atoms with Gasteiger partial charge < -0.3 is 25.0 Å². The lowest BCUT2D eigenvalue weighted by Crippen LogP contribution is -2.47. The van der Waals surface area contributed by atoms with Crippen molar-refractivity contribution in [3.63, 3.8) is 0 Å². The quantitative estimate of drug-likeness (QED) is 0.362. The van der Waals surface area contributed by atoms with Gasteiger partial charge in [-0.1, -0.05) is 0 Å². The maximum Gasteiger partial charge on any atom is 0.433 e. The average Bonchev–Trinajstić information content (AvgIpc) is 3.28. The van der Waals surface area contributed by atoms with Crippen molar-refractivity contribution < 1.29 is 22.6 Å². The number of hydrogen-bond donors (Lipinski definition) is 2. The number of alkyl halides is 3. The molecule has 8 nitrogen and oxygen atoms in total. The third-order valence-corrected chi connectivity index (χ3v) is 5.22. The van der Waals surface area contributed by atoms with Crippen LogP contribution in [0.2, 0.25) is 0 Å². The normalized spacial score (nSPS) is 20.8. The number of ether oxygens (including phenoxy) is 2. The van der Waals surface area contributed by atoms with Crippen LogP contribution in [0.3, 0.4) is 0 Å². The predicted octanol–water partition coefficient (Wildman–Crippen LogP) is 2.53.